The Labute approximate surface area is 182 Å². The highest BCUT2D eigenvalue weighted by Gasteiger charge is 2.32. The Kier molecular flexibility index (Phi) is 6.93. The van der Waals surface area contributed by atoms with Crippen molar-refractivity contribution in [3.63, 3.8) is 0 Å². The van der Waals surface area contributed by atoms with Crippen molar-refractivity contribution in [2.45, 2.75) is 39.8 Å². The highest BCUT2D eigenvalue weighted by Crippen LogP contribution is 2.35. The van der Waals surface area contributed by atoms with E-state index in [1.54, 1.807) is 6.92 Å². The number of hydrogen-bond acceptors (Lipinski definition) is 3. The number of nitrogens with one attached hydrogen (secondary N) is 1. The zero-order valence-electron chi connectivity index (χ0n) is 16.9. The van der Waals surface area contributed by atoms with E-state index in [9.17, 15) is 4.79 Å². The zero-order chi connectivity index (χ0) is 21.0. The van der Waals surface area contributed by atoms with Crippen molar-refractivity contribution in [2.24, 2.45) is 0 Å². The SMILES string of the molecule is CCCN1C(=S)NC(c2ccc(OCc3ccccc3)c(Cl)c2)C(C(C)=O)=C1C. The Hall–Kier alpha value is -2.37. The maximum Gasteiger partial charge on any atom is 0.173 e. The second-order valence-corrected chi connectivity index (χ2v) is 7.85. The molecule has 6 heteroatoms. The standard InChI is InChI=1S/C23H25ClN2O2S/c1-4-12-26-15(2)21(16(3)27)22(25-23(26)29)18-10-11-20(19(24)13-18)28-14-17-8-6-5-7-9-17/h5-11,13,22H,4,12,14H2,1-3H3,(H,25,29). The monoisotopic (exact) mass is 428 g/mol. The van der Waals surface area contributed by atoms with E-state index in [0.717, 1.165) is 29.8 Å². The van der Waals surface area contributed by atoms with Gasteiger partial charge in [0.1, 0.15) is 12.4 Å². The Morgan fingerprint density at radius 3 is 2.59 bits per heavy atom. The van der Waals surface area contributed by atoms with Crippen LogP contribution in [0.3, 0.4) is 0 Å². The molecule has 0 spiro atoms. The number of carbonyl (C=O) groups excluding carboxylic acids is 1. The van der Waals surface area contributed by atoms with Crippen molar-refractivity contribution < 1.29 is 9.53 Å². The van der Waals surface area contributed by atoms with Gasteiger partial charge >= 0.3 is 0 Å². The summed E-state index contributed by atoms with van der Waals surface area (Å²) in [6, 6.07) is 15.2. The summed E-state index contributed by atoms with van der Waals surface area (Å²) in [6.07, 6.45) is 0.939. The van der Waals surface area contributed by atoms with Gasteiger partial charge in [-0.3, -0.25) is 4.79 Å². The molecule has 1 unspecified atom stereocenters. The van der Waals surface area contributed by atoms with Gasteiger partial charge in [-0.1, -0.05) is 54.9 Å². The van der Waals surface area contributed by atoms with Crippen molar-refractivity contribution in [2.75, 3.05) is 6.54 Å². The van der Waals surface area contributed by atoms with Crippen molar-refractivity contribution in [1.29, 1.82) is 0 Å². The normalized spacial score (nSPS) is 16.6. The summed E-state index contributed by atoms with van der Waals surface area (Å²) in [5.74, 6) is 0.625. The van der Waals surface area contributed by atoms with E-state index in [1.807, 2.05) is 60.4 Å². The molecule has 0 saturated carbocycles. The van der Waals surface area contributed by atoms with Crippen LogP contribution in [0.4, 0.5) is 0 Å². The van der Waals surface area contributed by atoms with Crippen LogP contribution in [-0.4, -0.2) is 22.3 Å². The molecule has 0 radical (unpaired) electrons. The van der Waals surface area contributed by atoms with Crippen molar-refractivity contribution >= 4 is 34.7 Å². The van der Waals surface area contributed by atoms with E-state index in [0.29, 0.717) is 28.1 Å². The van der Waals surface area contributed by atoms with Gasteiger partial charge < -0.3 is 15.0 Å². The molecule has 29 heavy (non-hydrogen) atoms. The van der Waals surface area contributed by atoms with Gasteiger partial charge in [-0.2, -0.15) is 0 Å². The molecule has 1 aliphatic rings. The molecule has 0 bridgehead atoms. The number of ether oxygens (including phenoxy) is 1. The summed E-state index contributed by atoms with van der Waals surface area (Å²) in [4.78, 5) is 14.4. The van der Waals surface area contributed by atoms with Crippen LogP contribution >= 0.6 is 23.8 Å². The van der Waals surface area contributed by atoms with Crippen LogP contribution in [0, 0.1) is 0 Å². The number of ketones is 1. The molecular weight excluding hydrogens is 404 g/mol. The third-order valence-corrected chi connectivity index (χ3v) is 5.58. The van der Waals surface area contributed by atoms with Crippen LogP contribution in [0.1, 0.15) is 44.4 Å². The minimum absolute atomic E-state index is 0.0177. The molecule has 2 aromatic rings. The number of halogens is 1. The third kappa shape index (κ3) is 4.80. The predicted octanol–water partition coefficient (Wildman–Crippen LogP) is 5.42. The molecule has 0 saturated heterocycles. The van der Waals surface area contributed by atoms with E-state index >= 15 is 0 Å². The number of nitrogens with zero attached hydrogens (tertiary/aromatic N) is 1. The van der Waals surface area contributed by atoms with Crippen LogP contribution in [0.2, 0.25) is 5.02 Å². The topological polar surface area (TPSA) is 41.6 Å². The molecule has 2 aromatic carbocycles. The number of benzene rings is 2. The molecule has 1 heterocycles. The smallest absolute Gasteiger partial charge is 0.173 e. The van der Waals surface area contributed by atoms with E-state index in [1.165, 1.54) is 0 Å². The van der Waals surface area contributed by atoms with Crippen LogP contribution in [0.25, 0.3) is 0 Å². The molecule has 4 nitrogen and oxygen atoms in total. The number of rotatable bonds is 7. The molecule has 0 fully saturated rings. The Balaban J connectivity index is 1.86. The summed E-state index contributed by atoms with van der Waals surface area (Å²) >= 11 is 12.0. The van der Waals surface area contributed by atoms with Gasteiger partial charge in [-0.15, -0.1) is 0 Å². The van der Waals surface area contributed by atoms with Crippen molar-refractivity contribution in [3.8, 4) is 5.75 Å². The van der Waals surface area contributed by atoms with Crippen molar-refractivity contribution in [3.05, 3.63) is 76.0 Å². The lowest BCUT2D eigenvalue weighted by Gasteiger charge is -2.37. The maximum atomic E-state index is 12.4. The predicted molar refractivity (Wildman–Crippen MR) is 121 cm³/mol. The average molecular weight is 429 g/mol. The Bertz CT molecular complexity index is 943. The summed E-state index contributed by atoms with van der Waals surface area (Å²) in [6.45, 7) is 6.84. The minimum atomic E-state index is -0.325. The first-order chi connectivity index (χ1) is 13.9. The highest BCUT2D eigenvalue weighted by atomic mass is 35.5. The second-order valence-electron chi connectivity index (χ2n) is 7.05. The average Bonchev–Trinajstić information content (AvgIpc) is 2.70. The number of hydrogen-bond donors (Lipinski definition) is 1. The molecule has 1 aliphatic heterocycles. The molecule has 1 N–H and O–H groups in total. The molecule has 0 aromatic heterocycles. The Morgan fingerprint density at radius 1 is 1.24 bits per heavy atom. The largest absolute Gasteiger partial charge is 0.487 e. The van der Waals surface area contributed by atoms with Gasteiger partial charge in [-0.05, 0) is 55.7 Å². The van der Waals surface area contributed by atoms with Gasteiger partial charge in [0.15, 0.2) is 10.9 Å². The van der Waals surface area contributed by atoms with Crippen LogP contribution in [0.5, 0.6) is 5.75 Å². The van der Waals surface area contributed by atoms with Gasteiger partial charge in [-0.25, -0.2) is 0 Å². The molecule has 3 rings (SSSR count). The lowest BCUT2D eigenvalue weighted by molar-refractivity contribution is -0.114. The summed E-state index contributed by atoms with van der Waals surface area (Å²) < 4.78 is 5.87. The Morgan fingerprint density at radius 2 is 1.97 bits per heavy atom. The fourth-order valence-corrected chi connectivity index (χ4v) is 4.12. The van der Waals surface area contributed by atoms with Crippen LogP contribution < -0.4 is 10.1 Å². The highest BCUT2D eigenvalue weighted by molar-refractivity contribution is 7.80. The van der Waals surface area contributed by atoms with E-state index in [-0.39, 0.29) is 11.8 Å². The number of allylic oxidation sites excluding steroid dienone is 1. The van der Waals surface area contributed by atoms with E-state index in [4.69, 9.17) is 28.6 Å². The third-order valence-electron chi connectivity index (χ3n) is 4.95. The number of Topliss-reactive ketones (excluding diaryl/α,β-unsaturated/α-hetero) is 1. The second kappa shape index (κ2) is 9.42. The minimum Gasteiger partial charge on any atom is -0.487 e. The van der Waals surface area contributed by atoms with Crippen LogP contribution in [-0.2, 0) is 11.4 Å². The van der Waals surface area contributed by atoms with Gasteiger partial charge in [0.2, 0.25) is 0 Å². The van der Waals surface area contributed by atoms with E-state index < -0.39 is 0 Å². The fraction of sp³-hybridized carbons (Fsp3) is 0.304. The molecule has 0 aliphatic carbocycles. The quantitative estimate of drug-likeness (QED) is 0.596. The first kappa shape index (κ1) is 21.3. The summed E-state index contributed by atoms with van der Waals surface area (Å²) in [5, 5.41) is 4.44. The van der Waals surface area contributed by atoms with Gasteiger partial charge in [0, 0.05) is 17.8 Å². The first-order valence-electron chi connectivity index (χ1n) is 9.68. The molecule has 152 valence electrons. The van der Waals surface area contributed by atoms with E-state index in [2.05, 4.69) is 12.2 Å². The maximum absolute atomic E-state index is 12.4. The molecule has 0 amide bonds. The zero-order valence-corrected chi connectivity index (χ0v) is 18.4. The number of carbonyl (C=O) groups is 1. The summed E-state index contributed by atoms with van der Waals surface area (Å²) in [5.41, 5.74) is 3.56. The van der Waals surface area contributed by atoms with Gasteiger partial charge in [0.25, 0.3) is 0 Å². The fourth-order valence-electron chi connectivity index (χ4n) is 3.53. The number of thiocarbonyl (C=S) groups is 1. The van der Waals surface area contributed by atoms with Gasteiger partial charge in [0.05, 0.1) is 11.1 Å². The lowest BCUT2D eigenvalue weighted by atomic mass is 9.92. The van der Waals surface area contributed by atoms with Crippen LogP contribution in [0.15, 0.2) is 59.8 Å². The molecular formula is C23H25ClN2O2S. The van der Waals surface area contributed by atoms with Crippen molar-refractivity contribution in [1.82, 2.24) is 10.2 Å². The first-order valence-corrected chi connectivity index (χ1v) is 10.5. The summed E-state index contributed by atoms with van der Waals surface area (Å²) in [7, 11) is 0. The molecule has 1 atom stereocenters. The lowest BCUT2D eigenvalue weighted by Crippen LogP contribution is -2.47.